The number of hydrogen-bond donors (Lipinski definition) is 1. The van der Waals surface area contributed by atoms with Gasteiger partial charge in [-0.05, 0) is 43.5 Å². The molecule has 110 valence electrons. The summed E-state index contributed by atoms with van der Waals surface area (Å²) in [6.45, 7) is 3.99. The molecule has 1 aromatic carbocycles. The molecule has 1 aromatic rings. The molecule has 0 aromatic heterocycles. The summed E-state index contributed by atoms with van der Waals surface area (Å²) in [5.41, 5.74) is 0.740. The Morgan fingerprint density at radius 2 is 2.30 bits per heavy atom. The van der Waals surface area contributed by atoms with E-state index in [1.54, 1.807) is 0 Å². The second kappa shape index (κ2) is 7.06. The zero-order valence-electron chi connectivity index (χ0n) is 11.8. The predicted octanol–water partition coefficient (Wildman–Crippen LogP) is 4.38. The number of nitrogens with one attached hydrogen (secondary N) is 1. The van der Waals surface area contributed by atoms with Crippen LogP contribution in [0.15, 0.2) is 22.7 Å². The van der Waals surface area contributed by atoms with Crippen molar-refractivity contribution in [3.05, 3.63) is 33.3 Å². The highest BCUT2D eigenvalue weighted by atomic mass is 79.9. The first-order chi connectivity index (χ1) is 9.57. The second-order valence-electron chi connectivity index (χ2n) is 5.65. The van der Waals surface area contributed by atoms with Crippen LogP contribution in [0.3, 0.4) is 0 Å². The first-order valence-corrected chi connectivity index (χ1v) is 8.42. The molecule has 2 nitrogen and oxygen atoms in total. The molecule has 1 atom stereocenters. The average molecular weight is 359 g/mol. The van der Waals surface area contributed by atoms with E-state index in [2.05, 4.69) is 28.2 Å². The number of hydrogen-bond acceptors (Lipinski definition) is 2. The number of piperidine rings is 1. The Balaban J connectivity index is 2.15. The van der Waals surface area contributed by atoms with E-state index in [1.165, 1.54) is 0 Å². The van der Waals surface area contributed by atoms with Crippen molar-refractivity contribution in [2.24, 2.45) is 5.41 Å². The van der Waals surface area contributed by atoms with Gasteiger partial charge in [-0.2, -0.15) is 0 Å². The first kappa shape index (κ1) is 16.0. The maximum absolute atomic E-state index is 12.8. The molecular weight excluding hydrogens is 338 g/mol. The van der Waals surface area contributed by atoms with Crippen molar-refractivity contribution in [2.75, 3.05) is 13.1 Å². The minimum atomic E-state index is -0.191. The van der Waals surface area contributed by atoms with E-state index >= 15 is 0 Å². The van der Waals surface area contributed by atoms with Gasteiger partial charge in [-0.25, -0.2) is 0 Å². The Bertz CT molecular complexity index is 478. The van der Waals surface area contributed by atoms with Crippen molar-refractivity contribution in [3.8, 4) is 0 Å². The number of ketones is 1. The van der Waals surface area contributed by atoms with Gasteiger partial charge in [0.25, 0.3) is 0 Å². The van der Waals surface area contributed by atoms with E-state index in [1.807, 2.05) is 18.2 Å². The molecule has 0 amide bonds. The fourth-order valence-electron chi connectivity index (χ4n) is 3.06. The lowest BCUT2D eigenvalue weighted by Crippen LogP contribution is -2.46. The third-order valence-electron chi connectivity index (χ3n) is 4.16. The van der Waals surface area contributed by atoms with Gasteiger partial charge >= 0.3 is 0 Å². The van der Waals surface area contributed by atoms with Crippen LogP contribution >= 0.6 is 27.5 Å². The summed E-state index contributed by atoms with van der Waals surface area (Å²) in [7, 11) is 0. The number of halogens is 2. The number of carbonyl (C=O) groups excluding carboxylic acids is 1. The van der Waals surface area contributed by atoms with Gasteiger partial charge in [0.1, 0.15) is 5.78 Å². The van der Waals surface area contributed by atoms with Gasteiger partial charge in [0.2, 0.25) is 0 Å². The number of benzene rings is 1. The lowest BCUT2D eigenvalue weighted by molar-refractivity contribution is -0.129. The molecule has 0 saturated carbocycles. The van der Waals surface area contributed by atoms with Crippen LogP contribution in [0.5, 0.6) is 0 Å². The molecule has 1 saturated heterocycles. The largest absolute Gasteiger partial charge is 0.316 e. The number of carbonyl (C=O) groups is 1. The maximum atomic E-state index is 12.8. The Kier molecular flexibility index (Phi) is 5.65. The summed E-state index contributed by atoms with van der Waals surface area (Å²) in [6.07, 6.45) is 4.53. The molecular formula is C16H21BrClNO. The minimum Gasteiger partial charge on any atom is -0.316 e. The molecule has 1 aliphatic heterocycles. The van der Waals surface area contributed by atoms with Crippen molar-refractivity contribution in [1.82, 2.24) is 5.32 Å². The molecule has 20 heavy (non-hydrogen) atoms. The monoisotopic (exact) mass is 357 g/mol. The Labute approximate surface area is 134 Å². The van der Waals surface area contributed by atoms with E-state index in [-0.39, 0.29) is 5.41 Å². The summed E-state index contributed by atoms with van der Waals surface area (Å²) < 4.78 is 0.946. The second-order valence-corrected chi connectivity index (χ2v) is 6.97. The van der Waals surface area contributed by atoms with Gasteiger partial charge in [-0.3, -0.25) is 4.79 Å². The van der Waals surface area contributed by atoms with Crippen molar-refractivity contribution in [3.63, 3.8) is 0 Å². The molecule has 2 rings (SSSR count). The van der Waals surface area contributed by atoms with Crippen LogP contribution in [-0.2, 0) is 11.2 Å². The van der Waals surface area contributed by atoms with Crippen LogP contribution in [0, 0.1) is 5.41 Å². The van der Waals surface area contributed by atoms with Gasteiger partial charge in [-0.1, -0.05) is 46.9 Å². The van der Waals surface area contributed by atoms with Crippen molar-refractivity contribution < 1.29 is 4.79 Å². The van der Waals surface area contributed by atoms with Gasteiger partial charge in [0.15, 0.2) is 0 Å². The summed E-state index contributed by atoms with van der Waals surface area (Å²) >= 11 is 9.63. The standard InChI is InChI=1S/C16H21BrClNO/c1-2-6-16(7-3-8-19-11-16)15(20)9-12-4-5-13(17)10-14(12)18/h4-5,10,19H,2-3,6-9,11H2,1H3. The lowest BCUT2D eigenvalue weighted by Gasteiger charge is -2.36. The van der Waals surface area contributed by atoms with Gasteiger partial charge in [-0.15, -0.1) is 0 Å². The summed E-state index contributed by atoms with van der Waals surface area (Å²) in [4.78, 5) is 12.8. The van der Waals surface area contributed by atoms with Crippen LogP contribution in [0.1, 0.15) is 38.2 Å². The van der Waals surface area contributed by atoms with E-state index < -0.39 is 0 Å². The molecule has 1 unspecified atom stereocenters. The molecule has 4 heteroatoms. The Hall–Kier alpha value is -0.380. The van der Waals surface area contributed by atoms with Gasteiger partial charge in [0.05, 0.1) is 0 Å². The SMILES string of the molecule is CCCC1(C(=O)Cc2ccc(Br)cc2Cl)CCCNC1. The van der Waals surface area contributed by atoms with E-state index in [4.69, 9.17) is 11.6 Å². The fraction of sp³-hybridized carbons (Fsp3) is 0.562. The topological polar surface area (TPSA) is 29.1 Å². The highest BCUT2D eigenvalue weighted by molar-refractivity contribution is 9.10. The first-order valence-electron chi connectivity index (χ1n) is 7.25. The summed E-state index contributed by atoms with van der Waals surface area (Å²) in [5, 5.41) is 4.06. The normalized spacial score (nSPS) is 22.8. The molecule has 1 N–H and O–H groups in total. The van der Waals surface area contributed by atoms with Crippen molar-refractivity contribution in [1.29, 1.82) is 0 Å². The van der Waals surface area contributed by atoms with Gasteiger partial charge in [0, 0.05) is 27.9 Å². The number of rotatable bonds is 5. The lowest BCUT2D eigenvalue weighted by atomic mass is 9.72. The van der Waals surface area contributed by atoms with E-state index in [9.17, 15) is 4.79 Å². The van der Waals surface area contributed by atoms with Crippen molar-refractivity contribution in [2.45, 2.75) is 39.0 Å². The highest BCUT2D eigenvalue weighted by Gasteiger charge is 2.38. The zero-order chi connectivity index (χ0) is 14.6. The Morgan fingerprint density at radius 1 is 1.50 bits per heavy atom. The molecule has 0 aliphatic carbocycles. The van der Waals surface area contributed by atoms with Crippen LogP contribution in [0.25, 0.3) is 0 Å². The molecule has 1 heterocycles. The minimum absolute atomic E-state index is 0.191. The molecule has 1 aliphatic rings. The maximum Gasteiger partial charge on any atom is 0.144 e. The average Bonchev–Trinajstić information content (AvgIpc) is 2.43. The number of Topliss-reactive ketones (excluding diaryl/α,β-unsaturated/α-hetero) is 1. The fourth-order valence-corrected chi connectivity index (χ4v) is 3.80. The summed E-state index contributed by atoms with van der Waals surface area (Å²) in [6, 6.07) is 5.75. The molecule has 1 fully saturated rings. The van der Waals surface area contributed by atoms with Crippen LogP contribution in [-0.4, -0.2) is 18.9 Å². The predicted molar refractivity (Wildman–Crippen MR) is 87.3 cm³/mol. The van der Waals surface area contributed by atoms with Gasteiger partial charge < -0.3 is 5.32 Å². The third kappa shape index (κ3) is 3.63. The summed E-state index contributed by atoms with van der Waals surface area (Å²) in [5.74, 6) is 0.329. The third-order valence-corrected chi connectivity index (χ3v) is 5.00. The quantitative estimate of drug-likeness (QED) is 0.846. The van der Waals surface area contributed by atoms with E-state index in [0.29, 0.717) is 17.2 Å². The van der Waals surface area contributed by atoms with Crippen molar-refractivity contribution >= 4 is 33.3 Å². The smallest absolute Gasteiger partial charge is 0.144 e. The molecule has 0 radical (unpaired) electrons. The van der Waals surface area contributed by atoms with Crippen LogP contribution < -0.4 is 5.32 Å². The molecule has 0 bridgehead atoms. The highest BCUT2D eigenvalue weighted by Crippen LogP contribution is 2.34. The van der Waals surface area contributed by atoms with E-state index in [0.717, 1.165) is 48.8 Å². The van der Waals surface area contributed by atoms with Crippen LogP contribution in [0.4, 0.5) is 0 Å². The molecule has 0 spiro atoms. The van der Waals surface area contributed by atoms with Crippen LogP contribution in [0.2, 0.25) is 5.02 Å². The Morgan fingerprint density at radius 3 is 2.90 bits per heavy atom. The zero-order valence-corrected chi connectivity index (χ0v) is 14.2.